The van der Waals surface area contributed by atoms with Crippen LogP contribution in [0, 0.1) is 11.3 Å². The average Bonchev–Trinajstić information content (AvgIpc) is 3.35. The van der Waals surface area contributed by atoms with Crippen molar-refractivity contribution >= 4 is 17.1 Å². The van der Waals surface area contributed by atoms with E-state index in [1.54, 1.807) is 12.3 Å². The van der Waals surface area contributed by atoms with Crippen molar-refractivity contribution in [2.75, 3.05) is 6.54 Å². The van der Waals surface area contributed by atoms with Gasteiger partial charge in [0.25, 0.3) is 0 Å². The smallest absolute Gasteiger partial charge is 0.196 e. The normalized spacial score (nSPS) is 14.5. The zero-order valence-electron chi connectivity index (χ0n) is 15.3. The molecule has 0 fully saturated rings. The zero-order valence-corrected chi connectivity index (χ0v) is 15.3. The van der Waals surface area contributed by atoms with Crippen LogP contribution in [0.2, 0.25) is 0 Å². The minimum Gasteiger partial charge on any atom is -0.366 e. The zero-order chi connectivity index (χ0) is 19.1. The molecule has 5 nitrogen and oxygen atoms in total. The Labute approximate surface area is 163 Å². The molecule has 1 aliphatic carbocycles. The molecule has 0 bridgehead atoms. The number of rotatable bonds is 4. The Bertz CT molecular complexity index is 1150. The van der Waals surface area contributed by atoms with Gasteiger partial charge in [0.1, 0.15) is 0 Å². The molecule has 3 aromatic rings. The number of benzene rings is 2. The summed E-state index contributed by atoms with van der Waals surface area (Å²) in [6, 6.07) is 15.7. The van der Waals surface area contributed by atoms with E-state index in [1.807, 2.05) is 48.9 Å². The van der Waals surface area contributed by atoms with Crippen molar-refractivity contribution in [1.82, 2.24) is 14.5 Å². The third kappa shape index (κ3) is 2.54. The van der Waals surface area contributed by atoms with Crippen LogP contribution in [0.4, 0.5) is 0 Å². The number of Topliss-reactive ketones (excluding diaryl/α,β-unsaturated/α-hetero) is 1. The predicted molar refractivity (Wildman–Crippen MR) is 106 cm³/mol. The van der Waals surface area contributed by atoms with E-state index in [4.69, 9.17) is 0 Å². The van der Waals surface area contributed by atoms with Gasteiger partial charge in [-0.1, -0.05) is 30.3 Å². The number of ketones is 1. The molecule has 1 aliphatic heterocycles. The van der Waals surface area contributed by atoms with E-state index in [0.29, 0.717) is 12.1 Å². The van der Waals surface area contributed by atoms with Crippen LogP contribution in [0.15, 0.2) is 61.2 Å². The summed E-state index contributed by atoms with van der Waals surface area (Å²) in [6.07, 6.45) is 6.51. The van der Waals surface area contributed by atoms with Gasteiger partial charge in [0.15, 0.2) is 5.78 Å². The molecule has 0 saturated heterocycles. The van der Waals surface area contributed by atoms with Crippen molar-refractivity contribution in [2.24, 2.45) is 0 Å². The lowest BCUT2D eigenvalue weighted by Crippen LogP contribution is -2.28. The molecule has 2 aliphatic rings. The number of nitrogens with zero attached hydrogens (tertiary/aromatic N) is 4. The number of hydrogen-bond acceptors (Lipinski definition) is 4. The van der Waals surface area contributed by atoms with Gasteiger partial charge < -0.3 is 9.47 Å². The highest BCUT2D eigenvalue weighted by Crippen LogP contribution is 2.45. The molecule has 0 radical (unpaired) electrons. The Morgan fingerprint density at radius 1 is 1.07 bits per heavy atom. The highest BCUT2D eigenvalue weighted by molar-refractivity contribution is 6.40. The van der Waals surface area contributed by atoms with E-state index in [0.717, 1.165) is 53.0 Å². The standard InChI is InChI=1S/C23H18N4O/c24-13-16-6-7-18-17(12-16)14-27(10-3-9-26-11-8-25-15-26)22-19-4-1-2-5-20(19)23(28)21(18)22/h1-2,4-8,11-12,15H,3,9-10,14H2. The average molecular weight is 366 g/mol. The van der Waals surface area contributed by atoms with Crippen LogP contribution in [-0.4, -0.2) is 26.8 Å². The lowest BCUT2D eigenvalue weighted by Gasteiger charge is -2.32. The first kappa shape index (κ1) is 16.5. The number of aromatic nitrogens is 2. The topological polar surface area (TPSA) is 61.9 Å². The Morgan fingerprint density at radius 3 is 2.71 bits per heavy atom. The van der Waals surface area contributed by atoms with Crippen molar-refractivity contribution in [3.05, 3.63) is 89.0 Å². The van der Waals surface area contributed by atoms with Crippen LogP contribution in [0.1, 0.15) is 39.0 Å². The highest BCUT2D eigenvalue weighted by Gasteiger charge is 2.37. The van der Waals surface area contributed by atoms with E-state index in [-0.39, 0.29) is 5.78 Å². The minimum absolute atomic E-state index is 0.0795. The molecule has 0 amide bonds. The molecule has 5 rings (SSSR count). The molecular formula is C23H18N4O. The summed E-state index contributed by atoms with van der Waals surface area (Å²) >= 11 is 0. The van der Waals surface area contributed by atoms with E-state index >= 15 is 0 Å². The van der Waals surface area contributed by atoms with Gasteiger partial charge in [0.2, 0.25) is 0 Å². The number of allylic oxidation sites excluding steroid dienone is 1. The molecule has 0 unspecified atom stereocenters. The number of carbonyl (C=O) groups excluding carboxylic acids is 1. The molecule has 2 heterocycles. The Balaban J connectivity index is 1.55. The fourth-order valence-corrected chi connectivity index (χ4v) is 4.22. The monoisotopic (exact) mass is 366 g/mol. The lowest BCUT2D eigenvalue weighted by atomic mass is 9.91. The van der Waals surface area contributed by atoms with Gasteiger partial charge in [0, 0.05) is 43.2 Å². The van der Waals surface area contributed by atoms with Crippen LogP contribution in [0.25, 0.3) is 11.3 Å². The first-order chi connectivity index (χ1) is 13.8. The summed E-state index contributed by atoms with van der Waals surface area (Å²) in [6.45, 7) is 2.41. The lowest BCUT2D eigenvalue weighted by molar-refractivity contribution is 0.105. The predicted octanol–water partition coefficient (Wildman–Crippen LogP) is 3.73. The van der Waals surface area contributed by atoms with Gasteiger partial charge in [-0.25, -0.2) is 4.98 Å². The summed E-state index contributed by atoms with van der Waals surface area (Å²) in [5.74, 6) is 0.0795. The van der Waals surface area contributed by atoms with Crippen molar-refractivity contribution in [1.29, 1.82) is 5.26 Å². The van der Waals surface area contributed by atoms with Gasteiger partial charge in [-0.15, -0.1) is 0 Å². The summed E-state index contributed by atoms with van der Waals surface area (Å²) in [5, 5.41) is 9.28. The molecule has 0 spiro atoms. The van der Waals surface area contributed by atoms with Gasteiger partial charge in [-0.05, 0) is 29.7 Å². The Kier molecular flexibility index (Phi) is 3.84. The van der Waals surface area contributed by atoms with E-state index in [9.17, 15) is 10.1 Å². The quantitative estimate of drug-likeness (QED) is 0.706. The van der Waals surface area contributed by atoms with E-state index in [2.05, 4.69) is 20.5 Å². The van der Waals surface area contributed by atoms with Crippen molar-refractivity contribution in [3.8, 4) is 6.07 Å². The second-order valence-electron chi connectivity index (χ2n) is 7.16. The molecule has 28 heavy (non-hydrogen) atoms. The first-order valence-corrected chi connectivity index (χ1v) is 9.39. The van der Waals surface area contributed by atoms with Crippen LogP contribution >= 0.6 is 0 Å². The number of fused-ring (bicyclic) bond motifs is 4. The van der Waals surface area contributed by atoms with Gasteiger partial charge >= 0.3 is 0 Å². The Morgan fingerprint density at radius 2 is 1.93 bits per heavy atom. The minimum atomic E-state index is 0.0795. The second kappa shape index (κ2) is 6.50. The third-order valence-electron chi connectivity index (χ3n) is 5.48. The van der Waals surface area contributed by atoms with Crippen LogP contribution in [0.3, 0.4) is 0 Å². The van der Waals surface area contributed by atoms with E-state index < -0.39 is 0 Å². The Hall–Kier alpha value is -3.65. The van der Waals surface area contributed by atoms with Crippen molar-refractivity contribution < 1.29 is 4.79 Å². The van der Waals surface area contributed by atoms with E-state index in [1.165, 1.54) is 0 Å². The maximum absolute atomic E-state index is 13.2. The maximum atomic E-state index is 13.2. The van der Waals surface area contributed by atoms with Crippen LogP contribution in [0.5, 0.6) is 0 Å². The molecule has 5 heteroatoms. The number of imidazole rings is 1. The fraction of sp³-hybridized carbons (Fsp3) is 0.174. The number of aryl methyl sites for hydroxylation is 1. The summed E-state index contributed by atoms with van der Waals surface area (Å²) in [5.41, 5.74) is 6.22. The summed E-state index contributed by atoms with van der Waals surface area (Å²) in [4.78, 5) is 19.6. The second-order valence-corrected chi connectivity index (χ2v) is 7.16. The molecule has 2 aromatic carbocycles. The molecule has 136 valence electrons. The third-order valence-corrected chi connectivity index (χ3v) is 5.48. The van der Waals surface area contributed by atoms with Gasteiger partial charge in [-0.2, -0.15) is 5.26 Å². The van der Waals surface area contributed by atoms with Crippen LogP contribution < -0.4 is 0 Å². The molecule has 0 N–H and O–H groups in total. The SMILES string of the molecule is N#Cc1ccc2c(c1)CN(CCCn1ccnc1)C1=C2C(=O)c2ccccc21. The summed E-state index contributed by atoms with van der Waals surface area (Å²) in [7, 11) is 0. The molecule has 1 aromatic heterocycles. The van der Waals surface area contributed by atoms with Gasteiger partial charge in [0.05, 0.1) is 29.2 Å². The largest absolute Gasteiger partial charge is 0.366 e. The van der Waals surface area contributed by atoms with Gasteiger partial charge in [-0.3, -0.25) is 4.79 Å². The molecular weight excluding hydrogens is 348 g/mol. The number of carbonyl (C=O) groups is 1. The maximum Gasteiger partial charge on any atom is 0.196 e. The fourth-order valence-electron chi connectivity index (χ4n) is 4.22. The molecule has 0 atom stereocenters. The van der Waals surface area contributed by atoms with Crippen molar-refractivity contribution in [3.63, 3.8) is 0 Å². The van der Waals surface area contributed by atoms with Crippen molar-refractivity contribution in [2.45, 2.75) is 19.5 Å². The molecule has 0 saturated carbocycles. The first-order valence-electron chi connectivity index (χ1n) is 9.39. The number of nitriles is 1. The number of hydrogen-bond donors (Lipinski definition) is 0. The highest BCUT2D eigenvalue weighted by atomic mass is 16.1. The summed E-state index contributed by atoms with van der Waals surface area (Å²) < 4.78 is 2.06. The van der Waals surface area contributed by atoms with Crippen LogP contribution in [-0.2, 0) is 13.1 Å².